The van der Waals surface area contributed by atoms with Crippen molar-refractivity contribution in [1.82, 2.24) is 5.32 Å². The first-order valence-corrected chi connectivity index (χ1v) is 6.18. The summed E-state index contributed by atoms with van der Waals surface area (Å²) in [5, 5.41) is 20.2. The van der Waals surface area contributed by atoms with Gasteiger partial charge in [0.25, 0.3) is 0 Å². The molecule has 0 spiro atoms. The molecule has 0 aliphatic rings. The fourth-order valence-electron chi connectivity index (χ4n) is 1.72. The predicted octanol–water partition coefficient (Wildman–Crippen LogP) is 1.30. The van der Waals surface area contributed by atoms with Crippen molar-refractivity contribution in [2.24, 2.45) is 5.92 Å². The SMILES string of the molecule is CC(CC(=O)O)CC(=O)NCc1ccc(CO)cc1. The van der Waals surface area contributed by atoms with Crippen molar-refractivity contribution in [2.45, 2.75) is 32.9 Å². The van der Waals surface area contributed by atoms with Gasteiger partial charge in [-0.05, 0) is 17.0 Å². The number of amides is 1. The van der Waals surface area contributed by atoms with Gasteiger partial charge < -0.3 is 15.5 Å². The highest BCUT2D eigenvalue weighted by Crippen LogP contribution is 2.08. The molecule has 0 fully saturated rings. The summed E-state index contributed by atoms with van der Waals surface area (Å²) in [4.78, 5) is 22.1. The number of carboxylic acid groups (broad SMARTS) is 1. The van der Waals surface area contributed by atoms with Crippen LogP contribution < -0.4 is 5.32 Å². The standard InChI is InChI=1S/C14H19NO4/c1-10(7-14(18)19)6-13(17)15-8-11-2-4-12(9-16)5-3-11/h2-5,10,16H,6-9H2,1H3,(H,15,17)(H,18,19). The Kier molecular flexibility index (Phi) is 6.02. The smallest absolute Gasteiger partial charge is 0.303 e. The lowest BCUT2D eigenvalue weighted by Crippen LogP contribution is -2.25. The second-order valence-corrected chi connectivity index (χ2v) is 4.66. The zero-order chi connectivity index (χ0) is 14.3. The van der Waals surface area contributed by atoms with Crippen molar-refractivity contribution >= 4 is 11.9 Å². The Labute approximate surface area is 112 Å². The van der Waals surface area contributed by atoms with Crippen LogP contribution in [0.2, 0.25) is 0 Å². The van der Waals surface area contributed by atoms with Crippen LogP contribution >= 0.6 is 0 Å². The lowest BCUT2D eigenvalue weighted by Gasteiger charge is -2.09. The third-order valence-electron chi connectivity index (χ3n) is 2.75. The van der Waals surface area contributed by atoms with E-state index in [0.29, 0.717) is 6.54 Å². The lowest BCUT2D eigenvalue weighted by atomic mass is 10.0. The highest BCUT2D eigenvalue weighted by Gasteiger charge is 2.12. The van der Waals surface area contributed by atoms with E-state index in [9.17, 15) is 9.59 Å². The summed E-state index contributed by atoms with van der Waals surface area (Å²) in [6.45, 7) is 2.15. The molecule has 1 amide bonds. The maximum absolute atomic E-state index is 11.6. The average Bonchev–Trinajstić information content (AvgIpc) is 2.36. The summed E-state index contributed by atoms with van der Waals surface area (Å²) in [6.07, 6.45) is 0.208. The van der Waals surface area contributed by atoms with Gasteiger partial charge in [-0.15, -0.1) is 0 Å². The second kappa shape index (κ2) is 7.53. The molecule has 5 nitrogen and oxygen atoms in total. The highest BCUT2D eigenvalue weighted by atomic mass is 16.4. The maximum Gasteiger partial charge on any atom is 0.303 e. The minimum absolute atomic E-state index is 0.000653. The number of rotatable bonds is 7. The topological polar surface area (TPSA) is 86.6 Å². The first-order valence-electron chi connectivity index (χ1n) is 6.18. The van der Waals surface area contributed by atoms with E-state index in [1.165, 1.54) is 0 Å². The molecule has 1 aromatic rings. The molecule has 1 aromatic carbocycles. The Morgan fingerprint density at radius 3 is 2.26 bits per heavy atom. The second-order valence-electron chi connectivity index (χ2n) is 4.66. The van der Waals surface area contributed by atoms with Gasteiger partial charge in [0.2, 0.25) is 5.91 Å². The number of nitrogens with one attached hydrogen (secondary N) is 1. The average molecular weight is 265 g/mol. The summed E-state index contributed by atoms with van der Waals surface area (Å²) in [6, 6.07) is 7.28. The number of carbonyl (C=O) groups is 2. The minimum atomic E-state index is -0.889. The molecule has 0 aromatic heterocycles. The molecular formula is C14H19NO4. The molecule has 104 valence electrons. The summed E-state index contributed by atoms with van der Waals surface area (Å²) >= 11 is 0. The molecule has 1 atom stereocenters. The van der Waals surface area contributed by atoms with E-state index in [-0.39, 0.29) is 31.3 Å². The summed E-state index contributed by atoms with van der Waals surface area (Å²) in [5.74, 6) is -1.21. The van der Waals surface area contributed by atoms with Gasteiger partial charge in [-0.1, -0.05) is 31.2 Å². The van der Waals surface area contributed by atoms with Crippen molar-refractivity contribution in [3.05, 3.63) is 35.4 Å². The van der Waals surface area contributed by atoms with E-state index in [1.54, 1.807) is 19.1 Å². The monoisotopic (exact) mass is 265 g/mol. The van der Waals surface area contributed by atoms with Crippen LogP contribution in [0.25, 0.3) is 0 Å². The van der Waals surface area contributed by atoms with Gasteiger partial charge in [-0.2, -0.15) is 0 Å². The minimum Gasteiger partial charge on any atom is -0.481 e. The van der Waals surface area contributed by atoms with Crippen LogP contribution in [-0.2, 0) is 22.7 Å². The molecule has 0 heterocycles. The van der Waals surface area contributed by atoms with Crippen molar-refractivity contribution in [1.29, 1.82) is 0 Å². The van der Waals surface area contributed by atoms with Crippen molar-refractivity contribution in [3.8, 4) is 0 Å². The van der Waals surface area contributed by atoms with Crippen LogP contribution in [0.15, 0.2) is 24.3 Å². The molecule has 0 saturated heterocycles. The quantitative estimate of drug-likeness (QED) is 0.693. The highest BCUT2D eigenvalue weighted by molar-refractivity contribution is 5.77. The van der Waals surface area contributed by atoms with Crippen LogP contribution in [0.1, 0.15) is 30.9 Å². The van der Waals surface area contributed by atoms with E-state index < -0.39 is 5.97 Å². The normalized spacial score (nSPS) is 11.9. The molecule has 1 rings (SSSR count). The number of aliphatic carboxylic acids is 1. The zero-order valence-corrected chi connectivity index (χ0v) is 10.9. The molecule has 19 heavy (non-hydrogen) atoms. The Hall–Kier alpha value is -1.88. The molecule has 0 aliphatic carbocycles. The van der Waals surface area contributed by atoms with E-state index >= 15 is 0 Å². The molecule has 1 unspecified atom stereocenters. The number of carbonyl (C=O) groups excluding carboxylic acids is 1. The first kappa shape index (κ1) is 15.2. The van der Waals surface area contributed by atoms with Crippen LogP contribution in [0.5, 0.6) is 0 Å². The molecule has 0 aliphatic heterocycles. The van der Waals surface area contributed by atoms with Crippen molar-refractivity contribution < 1.29 is 19.8 Å². The molecule has 3 N–H and O–H groups in total. The number of hydrogen-bond acceptors (Lipinski definition) is 3. The van der Waals surface area contributed by atoms with Gasteiger partial charge in [0, 0.05) is 19.4 Å². The number of carboxylic acids is 1. The number of aliphatic hydroxyl groups is 1. The molecule has 0 saturated carbocycles. The van der Waals surface area contributed by atoms with Crippen molar-refractivity contribution in [2.75, 3.05) is 0 Å². The number of hydrogen-bond donors (Lipinski definition) is 3. The van der Waals surface area contributed by atoms with Crippen LogP contribution in [0, 0.1) is 5.92 Å². The fraction of sp³-hybridized carbons (Fsp3) is 0.429. The fourth-order valence-corrected chi connectivity index (χ4v) is 1.72. The first-order chi connectivity index (χ1) is 9.01. The van der Waals surface area contributed by atoms with E-state index in [1.807, 2.05) is 12.1 Å². The predicted molar refractivity (Wildman–Crippen MR) is 70.2 cm³/mol. The Morgan fingerprint density at radius 1 is 1.16 bits per heavy atom. The van der Waals surface area contributed by atoms with Crippen LogP contribution in [0.3, 0.4) is 0 Å². The number of benzene rings is 1. The zero-order valence-electron chi connectivity index (χ0n) is 10.9. The number of aliphatic hydroxyl groups excluding tert-OH is 1. The van der Waals surface area contributed by atoms with E-state index in [4.69, 9.17) is 10.2 Å². The largest absolute Gasteiger partial charge is 0.481 e. The molecule has 0 bridgehead atoms. The lowest BCUT2D eigenvalue weighted by molar-refractivity contribution is -0.138. The van der Waals surface area contributed by atoms with Gasteiger partial charge in [0.1, 0.15) is 0 Å². The summed E-state index contributed by atoms with van der Waals surface area (Å²) < 4.78 is 0. The Morgan fingerprint density at radius 2 is 1.74 bits per heavy atom. The third kappa shape index (κ3) is 6.01. The van der Waals surface area contributed by atoms with Gasteiger partial charge in [0.15, 0.2) is 0 Å². The van der Waals surface area contributed by atoms with E-state index in [0.717, 1.165) is 11.1 Å². The maximum atomic E-state index is 11.6. The van der Waals surface area contributed by atoms with E-state index in [2.05, 4.69) is 5.32 Å². The molecule has 0 radical (unpaired) electrons. The van der Waals surface area contributed by atoms with Gasteiger partial charge in [-0.25, -0.2) is 0 Å². The summed E-state index contributed by atoms with van der Waals surface area (Å²) in [7, 11) is 0. The van der Waals surface area contributed by atoms with Crippen molar-refractivity contribution in [3.63, 3.8) is 0 Å². The van der Waals surface area contributed by atoms with Gasteiger partial charge in [-0.3, -0.25) is 9.59 Å². The Balaban J connectivity index is 2.34. The molecular weight excluding hydrogens is 246 g/mol. The van der Waals surface area contributed by atoms with Crippen LogP contribution in [0.4, 0.5) is 0 Å². The van der Waals surface area contributed by atoms with Crippen LogP contribution in [-0.4, -0.2) is 22.1 Å². The Bertz CT molecular complexity index is 428. The third-order valence-corrected chi connectivity index (χ3v) is 2.75. The van der Waals surface area contributed by atoms with Gasteiger partial charge in [0.05, 0.1) is 6.61 Å². The molecule has 5 heteroatoms. The summed E-state index contributed by atoms with van der Waals surface area (Å²) in [5.41, 5.74) is 1.77. The van der Waals surface area contributed by atoms with Gasteiger partial charge >= 0.3 is 5.97 Å².